The van der Waals surface area contributed by atoms with Crippen LogP contribution in [0.2, 0.25) is 5.02 Å². The van der Waals surface area contributed by atoms with Crippen LogP contribution in [0.5, 0.6) is 0 Å². The Hall–Kier alpha value is -2.91. The fourth-order valence-corrected chi connectivity index (χ4v) is 4.66. The topological polar surface area (TPSA) is 114 Å². The summed E-state index contributed by atoms with van der Waals surface area (Å²) in [6.45, 7) is 0. The van der Waals surface area contributed by atoms with E-state index in [4.69, 9.17) is 11.6 Å². The van der Waals surface area contributed by atoms with E-state index in [0.29, 0.717) is 22.5 Å². The molecule has 8 nitrogen and oxygen atoms in total. The lowest BCUT2D eigenvalue weighted by molar-refractivity contribution is -0.384. The van der Waals surface area contributed by atoms with Gasteiger partial charge in [0, 0.05) is 28.4 Å². The van der Waals surface area contributed by atoms with E-state index in [1.807, 2.05) is 0 Å². The van der Waals surface area contributed by atoms with Gasteiger partial charge in [-0.05, 0) is 55.2 Å². The number of rotatable bonds is 6. The first-order chi connectivity index (χ1) is 13.8. The molecule has 4 rings (SSSR count). The monoisotopic (exact) mass is 432 g/mol. The van der Waals surface area contributed by atoms with Crippen molar-refractivity contribution in [3.05, 3.63) is 69.8 Å². The van der Waals surface area contributed by atoms with Crippen LogP contribution in [0.4, 0.5) is 17.1 Å². The van der Waals surface area contributed by atoms with Gasteiger partial charge in [0.1, 0.15) is 5.69 Å². The summed E-state index contributed by atoms with van der Waals surface area (Å²) in [5, 5.41) is 16.2. The maximum absolute atomic E-state index is 12.6. The molecule has 2 aliphatic carbocycles. The molecule has 2 N–H and O–H groups in total. The van der Waals surface area contributed by atoms with Gasteiger partial charge >= 0.3 is 0 Å². The number of hydrogen-bond acceptors (Lipinski definition) is 6. The maximum Gasteiger partial charge on any atom is 0.295 e. The quantitative estimate of drug-likeness (QED) is 0.398. The van der Waals surface area contributed by atoms with Gasteiger partial charge in [0.2, 0.25) is 0 Å². The molecular formula is C19H17ClN4O4S. The molecule has 0 spiro atoms. The average Bonchev–Trinajstić information content (AvgIpc) is 3.04. The first-order valence-electron chi connectivity index (χ1n) is 8.89. The lowest BCUT2D eigenvalue weighted by Crippen LogP contribution is -2.33. The summed E-state index contributed by atoms with van der Waals surface area (Å²) < 4.78 is 27.6. The van der Waals surface area contributed by atoms with Gasteiger partial charge in [-0.3, -0.25) is 20.3 Å². The fourth-order valence-electron chi connectivity index (χ4n) is 3.45. The molecule has 0 bridgehead atoms. The Balaban J connectivity index is 1.56. The first-order valence-corrected chi connectivity index (χ1v) is 10.8. The van der Waals surface area contributed by atoms with Gasteiger partial charge in [0.05, 0.1) is 9.82 Å². The molecule has 2 aromatic carbocycles. The maximum atomic E-state index is 12.6. The third-order valence-electron chi connectivity index (χ3n) is 5.06. The van der Waals surface area contributed by atoms with E-state index < -0.39 is 14.9 Å². The minimum atomic E-state index is -4.00. The van der Waals surface area contributed by atoms with Gasteiger partial charge in [0.25, 0.3) is 15.7 Å². The van der Waals surface area contributed by atoms with Gasteiger partial charge in [-0.2, -0.15) is 5.10 Å². The number of nitrogens with one attached hydrogen (secondary N) is 2. The Morgan fingerprint density at radius 2 is 1.93 bits per heavy atom. The van der Waals surface area contributed by atoms with Crippen molar-refractivity contribution in [2.75, 3.05) is 10.1 Å². The predicted octanol–water partition coefficient (Wildman–Crippen LogP) is 4.41. The van der Waals surface area contributed by atoms with Crippen LogP contribution in [0.1, 0.15) is 12.8 Å². The zero-order valence-corrected chi connectivity index (χ0v) is 16.7. The van der Waals surface area contributed by atoms with Gasteiger partial charge in [-0.15, -0.1) is 0 Å². The van der Waals surface area contributed by atoms with Gasteiger partial charge in [-0.25, -0.2) is 8.42 Å². The van der Waals surface area contributed by atoms with Crippen molar-refractivity contribution in [3.63, 3.8) is 0 Å². The number of nitro benzene ring substituents is 1. The summed E-state index contributed by atoms with van der Waals surface area (Å²) in [5.74, 6) is 0.877. The number of halogens is 1. The second-order valence-corrected chi connectivity index (χ2v) is 9.02. The van der Waals surface area contributed by atoms with E-state index in [1.54, 1.807) is 12.1 Å². The molecule has 0 saturated heterocycles. The number of anilines is 2. The van der Waals surface area contributed by atoms with Crippen molar-refractivity contribution < 1.29 is 13.3 Å². The number of nitro groups is 1. The third-order valence-corrected chi connectivity index (χ3v) is 6.69. The summed E-state index contributed by atoms with van der Waals surface area (Å²) in [7, 11) is -4.00. The molecule has 0 radical (unpaired) electrons. The molecule has 1 fully saturated rings. The minimum Gasteiger partial charge on any atom is -0.280 e. The van der Waals surface area contributed by atoms with Crippen LogP contribution in [0.25, 0.3) is 0 Å². The van der Waals surface area contributed by atoms with E-state index in [1.165, 1.54) is 24.3 Å². The van der Waals surface area contributed by atoms with Crippen LogP contribution in [-0.2, 0) is 10.0 Å². The second-order valence-electron chi connectivity index (χ2n) is 6.90. The van der Waals surface area contributed by atoms with E-state index >= 15 is 0 Å². The highest BCUT2D eigenvalue weighted by molar-refractivity contribution is 7.92. The van der Waals surface area contributed by atoms with Crippen LogP contribution in [-0.4, -0.2) is 19.1 Å². The van der Waals surface area contributed by atoms with Crippen LogP contribution in [0.15, 0.2) is 64.6 Å². The standard InChI is InChI=1S/C19H17ClN4O4S/c20-13-4-6-14(7-5-13)23-29(27,28)15-8-9-17(19(11-15)24(25)26)21-22-18-10-12-2-1-3-16(12)18/h1-2,4-9,11-12,16,21,23H,3,10H2/b22-18+. The predicted molar refractivity (Wildman–Crippen MR) is 112 cm³/mol. The molecule has 1 saturated carbocycles. The Morgan fingerprint density at radius 1 is 1.17 bits per heavy atom. The van der Waals surface area contributed by atoms with Crippen molar-refractivity contribution >= 4 is 44.4 Å². The number of nitrogens with zero attached hydrogens (tertiary/aromatic N) is 2. The highest BCUT2D eigenvalue weighted by atomic mass is 35.5. The molecule has 2 aliphatic rings. The first kappa shape index (κ1) is 19.4. The van der Waals surface area contributed by atoms with Crippen LogP contribution < -0.4 is 10.1 Å². The Labute approximate surface area is 172 Å². The molecule has 0 heterocycles. The highest BCUT2D eigenvalue weighted by Gasteiger charge is 2.38. The van der Waals surface area contributed by atoms with E-state index in [0.717, 1.165) is 24.6 Å². The largest absolute Gasteiger partial charge is 0.295 e. The molecule has 150 valence electrons. The van der Waals surface area contributed by atoms with Crippen molar-refractivity contribution in [1.29, 1.82) is 0 Å². The van der Waals surface area contributed by atoms with Crippen LogP contribution in [0, 0.1) is 22.0 Å². The van der Waals surface area contributed by atoms with E-state index in [-0.39, 0.29) is 16.3 Å². The molecule has 10 heteroatoms. The van der Waals surface area contributed by atoms with Gasteiger partial charge in [-0.1, -0.05) is 23.8 Å². The van der Waals surface area contributed by atoms with E-state index in [9.17, 15) is 18.5 Å². The summed E-state index contributed by atoms with van der Waals surface area (Å²) in [6, 6.07) is 9.75. The molecule has 2 unspecified atom stereocenters. The average molecular weight is 433 g/mol. The smallest absolute Gasteiger partial charge is 0.280 e. The molecule has 2 aromatic rings. The Morgan fingerprint density at radius 3 is 2.62 bits per heavy atom. The summed E-state index contributed by atoms with van der Waals surface area (Å²) in [5.41, 5.74) is 3.78. The SMILES string of the molecule is O=[N+]([O-])c1cc(S(=O)(=O)Nc2ccc(Cl)cc2)ccc1N/N=C1\CC2C=CCC12. The van der Waals surface area contributed by atoms with Gasteiger partial charge < -0.3 is 0 Å². The molecule has 2 atom stereocenters. The molecule has 29 heavy (non-hydrogen) atoms. The highest BCUT2D eigenvalue weighted by Crippen LogP contribution is 2.40. The minimum absolute atomic E-state index is 0.141. The normalized spacial score (nSPS) is 21.5. The lowest BCUT2D eigenvalue weighted by Gasteiger charge is -2.31. The van der Waals surface area contributed by atoms with Crippen molar-refractivity contribution in [2.45, 2.75) is 17.7 Å². The van der Waals surface area contributed by atoms with Crippen molar-refractivity contribution in [3.8, 4) is 0 Å². The molecular weight excluding hydrogens is 416 g/mol. The Bertz CT molecular complexity index is 1130. The molecule has 0 aromatic heterocycles. The number of hydrogen-bond donors (Lipinski definition) is 2. The zero-order chi connectivity index (χ0) is 20.6. The number of sulfonamides is 1. The summed E-state index contributed by atoms with van der Waals surface area (Å²) in [4.78, 5) is 10.6. The van der Waals surface area contributed by atoms with Crippen LogP contribution in [0.3, 0.4) is 0 Å². The Kier molecular flexibility index (Phi) is 5.01. The lowest BCUT2D eigenvalue weighted by atomic mass is 9.74. The van der Waals surface area contributed by atoms with Crippen molar-refractivity contribution in [1.82, 2.24) is 0 Å². The fraction of sp³-hybridized carbons (Fsp3) is 0.211. The number of allylic oxidation sites excluding steroid dienone is 2. The van der Waals surface area contributed by atoms with Crippen LogP contribution >= 0.6 is 11.6 Å². The number of hydrazone groups is 1. The third kappa shape index (κ3) is 3.96. The van der Waals surface area contributed by atoms with Crippen molar-refractivity contribution in [2.24, 2.45) is 16.9 Å². The van der Waals surface area contributed by atoms with E-state index in [2.05, 4.69) is 27.4 Å². The summed E-state index contributed by atoms with van der Waals surface area (Å²) >= 11 is 5.80. The molecule has 0 aliphatic heterocycles. The number of fused-ring (bicyclic) bond motifs is 1. The molecule has 0 amide bonds. The second kappa shape index (κ2) is 7.49. The summed E-state index contributed by atoms with van der Waals surface area (Å²) in [6.07, 6.45) is 6.05. The number of benzene rings is 2. The zero-order valence-electron chi connectivity index (χ0n) is 15.1. The van der Waals surface area contributed by atoms with Gasteiger partial charge in [0.15, 0.2) is 0 Å².